The van der Waals surface area contributed by atoms with Crippen LogP contribution in [0.4, 0.5) is 0 Å². The fourth-order valence-corrected chi connectivity index (χ4v) is 4.60. The summed E-state index contributed by atoms with van der Waals surface area (Å²) >= 11 is 1.85. The summed E-state index contributed by atoms with van der Waals surface area (Å²) in [6.45, 7) is 4.19. The average Bonchev–Trinajstić information content (AvgIpc) is 3.06. The minimum atomic E-state index is -0.300. The molecule has 1 N–H and O–H groups in total. The predicted octanol–water partition coefficient (Wildman–Crippen LogP) is 2.57. The Bertz CT molecular complexity index is 943. The number of nitrogens with one attached hydrogen (secondary N) is 1. The molecule has 0 amide bonds. The SMILES string of the molecule is COc1ccc2c(C[NH+]3CCc4sccc4[C@H]3C)cc(=O)oc2c1. The van der Waals surface area contributed by atoms with Crippen LogP contribution in [0.5, 0.6) is 5.75 Å². The third kappa shape index (κ3) is 2.64. The molecule has 2 aromatic heterocycles. The Morgan fingerprint density at radius 3 is 3.04 bits per heavy atom. The van der Waals surface area contributed by atoms with Gasteiger partial charge in [0.05, 0.1) is 13.7 Å². The van der Waals surface area contributed by atoms with Crippen molar-refractivity contribution in [1.82, 2.24) is 0 Å². The molecule has 4 rings (SSSR count). The van der Waals surface area contributed by atoms with Crippen molar-refractivity contribution >= 4 is 22.3 Å². The van der Waals surface area contributed by atoms with E-state index in [1.54, 1.807) is 19.2 Å². The van der Waals surface area contributed by atoms with Gasteiger partial charge >= 0.3 is 5.63 Å². The Morgan fingerprint density at radius 2 is 2.21 bits per heavy atom. The lowest BCUT2D eigenvalue weighted by atomic mass is 10.00. The van der Waals surface area contributed by atoms with Crippen LogP contribution >= 0.6 is 11.3 Å². The second kappa shape index (κ2) is 6.07. The van der Waals surface area contributed by atoms with Crippen molar-refractivity contribution in [2.75, 3.05) is 13.7 Å². The number of quaternary nitrogens is 1. The van der Waals surface area contributed by atoms with Gasteiger partial charge < -0.3 is 14.1 Å². The zero-order valence-electron chi connectivity index (χ0n) is 13.8. The molecule has 0 radical (unpaired) electrons. The second-order valence-corrected chi connectivity index (χ2v) is 7.31. The van der Waals surface area contributed by atoms with E-state index >= 15 is 0 Å². The van der Waals surface area contributed by atoms with Gasteiger partial charge in [0.25, 0.3) is 0 Å². The van der Waals surface area contributed by atoms with E-state index in [1.807, 2.05) is 23.5 Å². The molecule has 3 aromatic rings. The molecule has 1 aromatic carbocycles. The molecule has 1 aliphatic rings. The zero-order chi connectivity index (χ0) is 16.7. The standard InChI is InChI=1S/C19H19NO3S/c1-12-15-6-8-24-18(15)5-7-20(12)11-13-9-19(21)23-17-10-14(22-2)3-4-16(13)17/h3-4,6,8-10,12H,5,7,11H2,1-2H3/p+1/t12-/m1/s1. The maximum absolute atomic E-state index is 12.0. The van der Waals surface area contributed by atoms with Crippen LogP contribution in [0, 0.1) is 0 Å². The Hall–Kier alpha value is -2.11. The molecule has 0 aliphatic carbocycles. The zero-order valence-corrected chi connectivity index (χ0v) is 14.6. The van der Waals surface area contributed by atoms with Gasteiger partial charge in [-0.1, -0.05) is 0 Å². The van der Waals surface area contributed by atoms with Crippen LogP contribution < -0.4 is 15.3 Å². The molecule has 0 bridgehead atoms. The number of thiophene rings is 1. The topological polar surface area (TPSA) is 43.9 Å². The lowest BCUT2D eigenvalue weighted by Gasteiger charge is -2.30. The first kappa shape index (κ1) is 15.4. The van der Waals surface area contributed by atoms with Crippen molar-refractivity contribution in [2.24, 2.45) is 0 Å². The van der Waals surface area contributed by atoms with Crippen molar-refractivity contribution in [2.45, 2.75) is 25.9 Å². The van der Waals surface area contributed by atoms with E-state index in [9.17, 15) is 4.79 Å². The molecule has 0 saturated carbocycles. The number of fused-ring (bicyclic) bond motifs is 2. The van der Waals surface area contributed by atoms with Gasteiger partial charge in [-0.05, 0) is 30.5 Å². The van der Waals surface area contributed by atoms with E-state index in [1.165, 1.54) is 15.3 Å². The van der Waals surface area contributed by atoms with Gasteiger partial charge in [-0.25, -0.2) is 4.79 Å². The lowest BCUT2D eigenvalue weighted by molar-refractivity contribution is -0.945. The molecule has 0 saturated heterocycles. The number of benzene rings is 1. The molecule has 2 atom stereocenters. The van der Waals surface area contributed by atoms with Gasteiger partial charge in [0.1, 0.15) is 23.9 Å². The summed E-state index contributed by atoms with van der Waals surface area (Å²) in [6.07, 6.45) is 1.11. The molecule has 1 aliphatic heterocycles. The van der Waals surface area contributed by atoms with Gasteiger partial charge in [0.15, 0.2) is 0 Å². The highest BCUT2D eigenvalue weighted by Gasteiger charge is 2.28. The highest BCUT2D eigenvalue weighted by atomic mass is 32.1. The van der Waals surface area contributed by atoms with Crippen molar-refractivity contribution in [3.05, 3.63) is 62.1 Å². The Morgan fingerprint density at radius 1 is 1.33 bits per heavy atom. The third-order valence-electron chi connectivity index (χ3n) is 4.99. The molecule has 3 heterocycles. The van der Waals surface area contributed by atoms with Gasteiger partial charge in [-0.2, -0.15) is 0 Å². The van der Waals surface area contributed by atoms with Crippen molar-refractivity contribution < 1.29 is 14.1 Å². The molecule has 124 valence electrons. The van der Waals surface area contributed by atoms with Gasteiger partial charge in [-0.15, -0.1) is 11.3 Å². The van der Waals surface area contributed by atoms with Crippen LogP contribution in [0.1, 0.15) is 29.0 Å². The van der Waals surface area contributed by atoms with Crippen molar-refractivity contribution in [3.63, 3.8) is 0 Å². The maximum atomic E-state index is 12.0. The highest BCUT2D eigenvalue weighted by Crippen LogP contribution is 2.26. The van der Waals surface area contributed by atoms with Crippen LogP contribution in [0.2, 0.25) is 0 Å². The van der Waals surface area contributed by atoms with Crippen LogP contribution in [0.15, 0.2) is 44.9 Å². The van der Waals surface area contributed by atoms with Crippen LogP contribution in [-0.4, -0.2) is 13.7 Å². The molecular formula is C19H20NO3S+. The van der Waals surface area contributed by atoms with Gasteiger partial charge in [0.2, 0.25) is 0 Å². The van der Waals surface area contributed by atoms with E-state index in [0.29, 0.717) is 17.4 Å². The van der Waals surface area contributed by atoms with E-state index in [-0.39, 0.29) is 5.63 Å². The van der Waals surface area contributed by atoms with E-state index < -0.39 is 0 Å². The fourth-order valence-electron chi connectivity index (χ4n) is 3.62. The molecule has 0 spiro atoms. The molecule has 1 unspecified atom stereocenters. The fraction of sp³-hybridized carbons (Fsp3) is 0.316. The van der Waals surface area contributed by atoms with E-state index in [2.05, 4.69) is 18.4 Å². The number of methoxy groups -OCH3 is 1. The Labute approximate surface area is 144 Å². The van der Waals surface area contributed by atoms with E-state index in [0.717, 1.165) is 30.5 Å². The molecular weight excluding hydrogens is 322 g/mol. The van der Waals surface area contributed by atoms with Crippen molar-refractivity contribution in [1.29, 1.82) is 0 Å². The summed E-state index contributed by atoms with van der Waals surface area (Å²) in [5.74, 6) is 0.699. The van der Waals surface area contributed by atoms with Gasteiger partial charge in [-0.3, -0.25) is 0 Å². The molecule has 24 heavy (non-hydrogen) atoms. The predicted molar refractivity (Wildman–Crippen MR) is 95.0 cm³/mol. The normalized spacial score (nSPS) is 20.1. The summed E-state index contributed by atoms with van der Waals surface area (Å²) in [4.78, 5) is 15.0. The number of ether oxygens (including phenoxy) is 1. The van der Waals surface area contributed by atoms with Crippen LogP contribution in [0.3, 0.4) is 0 Å². The second-order valence-electron chi connectivity index (χ2n) is 6.31. The Balaban J connectivity index is 1.71. The number of hydrogen-bond acceptors (Lipinski definition) is 4. The summed E-state index contributed by atoms with van der Waals surface area (Å²) < 4.78 is 10.6. The number of hydrogen-bond donors (Lipinski definition) is 1. The summed E-state index contributed by atoms with van der Waals surface area (Å²) in [7, 11) is 1.61. The summed E-state index contributed by atoms with van der Waals surface area (Å²) in [5, 5.41) is 3.18. The smallest absolute Gasteiger partial charge is 0.336 e. The minimum Gasteiger partial charge on any atom is -0.497 e. The molecule has 4 nitrogen and oxygen atoms in total. The van der Waals surface area contributed by atoms with Crippen LogP contribution in [0.25, 0.3) is 11.0 Å². The summed E-state index contributed by atoms with van der Waals surface area (Å²) in [5.41, 5.74) is 2.79. The maximum Gasteiger partial charge on any atom is 0.336 e. The first-order valence-corrected chi connectivity index (χ1v) is 9.05. The quantitative estimate of drug-likeness (QED) is 0.744. The highest BCUT2D eigenvalue weighted by molar-refractivity contribution is 7.10. The first-order chi connectivity index (χ1) is 11.7. The first-order valence-electron chi connectivity index (χ1n) is 8.17. The largest absolute Gasteiger partial charge is 0.497 e. The third-order valence-corrected chi connectivity index (χ3v) is 5.98. The van der Waals surface area contributed by atoms with Crippen molar-refractivity contribution in [3.8, 4) is 5.75 Å². The molecule has 0 fully saturated rings. The van der Waals surface area contributed by atoms with Gasteiger partial charge in [0, 0.05) is 39.9 Å². The summed E-state index contributed by atoms with van der Waals surface area (Å²) in [6, 6.07) is 10.0. The van der Waals surface area contributed by atoms with E-state index in [4.69, 9.17) is 9.15 Å². The minimum absolute atomic E-state index is 0.300. The Kier molecular flexibility index (Phi) is 3.90. The lowest BCUT2D eigenvalue weighted by Crippen LogP contribution is -3.11. The number of rotatable bonds is 3. The average molecular weight is 342 g/mol. The molecule has 5 heteroatoms. The van der Waals surface area contributed by atoms with Crippen LogP contribution in [-0.2, 0) is 13.0 Å². The monoisotopic (exact) mass is 342 g/mol.